The number of benzene rings is 1. The van der Waals surface area contributed by atoms with Crippen LogP contribution in [-0.2, 0) is 6.18 Å². The predicted octanol–water partition coefficient (Wildman–Crippen LogP) is 4.69. The highest BCUT2D eigenvalue weighted by Crippen LogP contribution is 2.34. The van der Waals surface area contributed by atoms with E-state index < -0.39 is 17.6 Å². The van der Waals surface area contributed by atoms with Crippen molar-refractivity contribution in [1.29, 1.82) is 0 Å². The van der Waals surface area contributed by atoms with Crippen LogP contribution in [0.2, 0.25) is 0 Å². The first-order valence-electron chi connectivity index (χ1n) is 7.56. The standard InChI is InChI=1S/C17H15F4N3O/c1-8(2)15-9(3)22-14-7-13(23-24(14)16(15)25)10-4-5-11(12(18)6-10)17(19,20)21/h4-8,25H,1-3H3. The molecule has 0 spiro atoms. The lowest BCUT2D eigenvalue weighted by atomic mass is 10.0. The summed E-state index contributed by atoms with van der Waals surface area (Å²) in [4.78, 5) is 4.35. The van der Waals surface area contributed by atoms with Crippen LogP contribution < -0.4 is 0 Å². The van der Waals surface area contributed by atoms with Gasteiger partial charge in [-0.1, -0.05) is 19.9 Å². The highest BCUT2D eigenvalue weighted by molar-refractivity contribution is 5.65. The molecular formula is C17H15F4N3O. The summed E-state index contributed by atoms with van der Waals surface area (Å²) < 4.78 is 53.0. The first kappa shape index (κ1) is 17.2. The van der Waals surface area contributed by atoms with E-state index in [1.54, 1.807) is 6.92 Å². The molecule has 2 aromatic heterocycles. The molecule has 0 fully saturated rings. The molecule has 0 saturated carbocycles. The molecule has 1 N–H and O–H groups in total. The van der Waals surface area contributed by atoms with Gasteiger partial charge in [0, 0.05) is 22.9 Å². The molecule has 25 heavy (non-hydrogen) atoms. The summed E-state index contributed by atoms with van der Waals surface area (Å²) in [6, 6.07) is 4.07. The summed E-state index contributed by atoms with van der Waals surface area (Å²) in [5.74, 6) is -1.46. The van der Waals surface area contributed by atoms with Crippen molar-refractivity contribution >= 4 is 5.65 Å². The molecule has 3 aromatic rings. The number of rotatable bonds is 2. The average molecular weight is 353 g/mol. The van der Waals surface area contributed by atoms with Crippen LogP contribution in [0.1, 0.15) is 36.6 Å². The number of nitrogens with zero attached hydrogens (tertiary/aromatic N) is 3. The number of aromatic hydroxyl groups is 1. The van der Waals surface area contributed by atoms with Crippen LogP contribution >= 0.6 is 0 Å². The number of aryl methyl sites for hydroxylation is 1. The summed E-state index contributed by atoms with van der Waals surface area (Å²) in [5.41, 5.74) is 0.634. The van der Waals surface area contributed by atoms with Gasteiger partial charge in [0.25, 0.3) is 0 Å². The molecular weight excluding hydrogens is 338 g/mol. The van der Waals surface area contributed by atoms with E-state index in [0.717, 1.165) is 12.1 Å². The minimum Gasteiger partial charge on any atom is -0.493 e. The van der Waals surface area contributed by atoms with Crippen LogP contribution in [0, 0.1) is 12.7 Å². The summed E-state index contributed by atoms with van der Waals surface area (Å²) in [7, 11) is 0. The van der Waals surface area contributed by atoms with E-state index in [1.165, 1.54) is 10.6 Å². The fourth-order valence-electron chi connectivity index (χ4n) is 2.84. The van der Waals surface area contributed by atoms with Crippen LogP contribution in [0.3, 0.4) is 0 Å². The van der Waals surface area contributed by atoms with E-state index in [-0.39, 0.29) is 23.1 Å². The van der Waals surface area contributed by atoms with E-state index in [4.69, 9.17) is 0 Å². The zero-order valence-corrected chi connectivity index (χ0v) is 13.7. The van der Waals surface area contributed by atoms with E-state index in [2.05, 4.69) is 10.1 Å². The largest absolute Gasteiger partial charge is 0.493 e. The van der Waals surface area contributed by atoms with Crippen molar-refractivity contribution in [2.24, 2.45) is 0 Å². The predicted molar refractivity (Wildman–Crippen MR) is 83.9 cm³/mol. The fourth-order valence-corrected chi connectivity index (χ4v) is 2.84. The maximum atomic E-state index is 13.8. The normalized spacial score (nSPS) is 12.3. The molecule has 132 valence electrons. The lowest BCUT2D eigenvalue weighted by Crippen LogP contribution is -2.07. The molecule has 8 heteroatoms. The second-order valence-corrected chi connectivity index (χ2v) is 6.08. The third-order valence-corrected chi connectivity index (χ3v) is 3.95. The first-order valence-corrected chi connectivity index (χ1v) is 7.56. The molecule has 3 rings (SSSR count). The van der Waals surface area contributed by atoms with E-state index in [1.807, 2.05) is 13.8 Å². The molecule has 0 bridgehead atoms. The SMILES string of the molecule is Cc1nc2cc(-c3ccc(C(F)(F)F)c(F)c3)nn2c(O)c1C(C)C. The molecule has 0 aliphatic heterocycles. The van der Waals surface area contributed by atoms with Gasteiger partial charge < -0.3 is 5.11 Å². The molecule has 4 nitrogen and oxygen atoms in total. The minimum absolute atomic E-state index is 0.00747. The van der Waals surface area contributed by atoms with Crippen molar-refractivity contribution in [3.05, 3.63) is 46.9 Å². The Morgan fingerprint density at radius 2 is 1.84 bits per heavy atom. The summed E-state index contributed by atoms with van der Waals surface area (Å²) in [5, 5.41) is 14.6. The van der Waals surface area contributed by atoms with Crippen molar-refractivity contribution in [3.8, 4) is 17.1 Å². The Labute approximate surface area is 140 Å². The van der Waals surface area contributed by atoms with Crippen molar-refractivity contribution in [3.63, 3.8) is 0 Å². The smallest absolute Gasteiger partial charge is 0.419 e. The van der Waals surface area contributed by atoms with Gasteiger partial charge in [0.2, 0.25) is 5.88 Å². The van der Waals surface area contributed by atoms with Gasteiger partial charge in [0.05, 0.1) is 11.3 Å². The molecule has 0 amide bonds. The molecule has 0 unspecified atom stereocenters. The van der Waals surface area contributed by atoms with Gasteiger partial charge in [-0.25, -0.2) is 9.37 Å². The number of fused-ring (bicyclic) bond motifs is 1. The van der Waals surface area contributed by atoms with Crippen molar-refractivity contribution < 1.29 is 22.7 Å². The molecule has 0 aliphatic rings. The second-order valence-electron chi connectivity index (χ2n) is 6.08. The van der Waals surface area contributed by atoms with Gasteiger partial charge in [-0.3, -0.25) is 0 Å². The Kier molecular flexibility index (Phi) is 3.93. The Hall–Kier alpha value is -2.64. The molecule has 1 aromatic carbocycles. The highest BCUT2D eigenvalue weighted by atomic mass is 19.4. The van der Waals surface area contributed by atoms with Gasteiger partial charge in [0.1, 0.15) is 5.82 Å². The number of aromatic nitrogens is 3. The summed E-state index contributed by atoms with van der Waals surface area (Å²) in [6.45, 7) is 5.54. The number of hydrogen-bond acceptors (Lipinski definition) is 3. The van der Waals surface area contributed by atoms with Crippen LogP contribution in [0.5, 0.6) is 5.88 Å². The average Bonchev–Trinajstić information content (AvgIpc) is 2.89. The Bertz CT molecular complexity index is 961. The molecule has 0 atom stereocenters. The third kappa shape index (κ3) is 2.92. The Balaban J connectivity index is 2.15. The zero-order chi connectivity index (χ0) is 18.5. The lowest BCUT2D eigenvalue weighted by molar-refractivity contribution is -0.139. The Morgan fingerprint density at radius 3 is 2.40 bits per heavy atom. The van der Waals surface area contributed by atoms with Crippen molar-refractivity contribution in [2.45, 2.75) is 32.9 Å². The topological polar surface area (TPSA) is 50.4 Å². The third-order valence-electron chi connectivity index (χ3n) is 3.95. The molecule has 0 aliphatic carbocycles. The highest BCUT2D eigenvalue weighted by Gasteiger charge is 2.34. The fraction of sp³-hybridized carbons (Fsp3) is 0.294. The zero-order valence-electron chi connectivity index (χ0n) is 13.7. The Morgan fingerprint density at radius 1 is 1.16 bits per heavy atom. The maximum Gasteiger partial charge on any atom is 0.419 e. The minimum atomic E-state index is -4.76. The lowest BCUT2D eigenvalue weighted by Gasteiger charge is -2.11. The summed E-state index contributed by atoms with van der Waals surface area (Å²) in [6.07, 6.45) is -4.76. The molecule has 0 saturated heterocycles. The van der Waals surface area contributed by atoms with E-state index >= 15 is 0 Å². The summed E-state index contributed by atoms with van der Waals surface area (Å²) >= 11 is 0. The van der Waals surface area contributed by atoms with Crippen molar-refractivity contribution in [1.82, 2.24) is 14.6 Å². The van der Waals surface area contributed by atoms with Crippen molar-refractivity contribution in [2.75, 3.05) is 0 Å². The molecule has 0 radical (unpaired) electrons. The number of alkyl halides is 3. The number of halogens is 4. The second kappa shape index (κ2) is 5.72. The van der Waals surface area contributed by atoms with E-state index in [0.29, 0.717) is 23.0 Å². The maximum absolute atomic E-state index is 13.8. The molecule has 2 heterocycles. The number of hydrogen-bond donors (Lipinski definition) is 1. The van der Waals surface area contributed by atoms with E-state index in [9.17, 15) is 22.7 Å². The van der Waals surface area contributed by atoms with Crippen LogP contribution in [-0.4, -0.2) is 19.7 Å². The van der Waals surface area contributed by atoms with Gasteiger partial charge in [-0.2, -0.15) is 22.8 Å². The van der Waals surface area contributed by atoms with Gasteiger partial charge in [-0.15, -0.1) is 0 Å². The monoisotopic (exact) mass is 353 g/mol. The van der Waals surface area contributed by atoms with Crippen LogP contribution in [0.15, 0.2) is 24.3 Å². The van der Waals surface area contributed by atoms with Crippen LogP contribution in [0.4, 0.5) is 17.6 Å². The van der Waals surface area contributed by atoms with Gasteiger partial charge in [-0.05, 0) is 25.0 Å². The quantitative estimate of drug-likeness (QED) is 0.680. The van der Waals surface area contributed by atoms with Gasteiger partial charge >= 0.3 is 6.18 Å². The van der Waals surface area contributed by atoms with Gasteiger partial charge in [0.15, 0.2) is 5.65 Å². The van der Waals surface area contributed by atoms with Crippen LogP contribution in [0.25, 0.3) is 16.9 Å². The first-order chi connectivity index (χ1) is 11.6.